The number of halogens is 7. The first-order chi connectivity index (χ1) is 29.9. The quantitative estimate of drug-likeness (QED) is 0.0430. The highest BCUT2D eigenvalue weighted by Crippen LogP contribution is 2.30. The highest BCUT2D eigenvalue weighted by Gasteiger charge is 2.26. The molecule has 0 saturated heterocycles. The molecule has 0 bridgehead atoms. The van der Waals surface area contributed by atoms with E-state index in [1.807, 2.05) is 0 Å². The van der Waals surface area contributed by atoms with Crippen molar-refractivity contribution in [1.29, 1.82) is 0 Å². The maximum atomic E-state index is 13.4. The number of hydrogen-bond donors (Lipinski definition) is 4. The molecule has 0 saturated carbocycles. The molecular weight excluding hydrogens is 961 g/mol. The summed E-state index contributed by atoms with van der Waals surface area (Å²) < 4.78 is 0. The lowest BCUT2D eigenvalue weighted by atomic mass is 10.1. The summed E-state index contributed by atoms with van der Waals surface area (Å²) in [5.74, 6) is -4.05. The fraction of sp³-hybridized carbons (Fsp3) is 0.143. The van der Waals surface area contributed by atoms with E-state index in [4.69, 9.17) is 81.2 Å². The van der Waals surface area contributed by atoms with Crippen molar-refractivity contribution in [3.63, 3.8) is 0 Å². The van der Waals surface area contributed by atoms with Gasteiger partial charge >= 0.3 is 0 Å². The number of anilines is 4. The zero-order chi connectivity index (χ0) is 46.0. The minimum atomic E-state index is -1.62. The summed E-state index contributed by atoms with van der Waals surface area (Å²) in [6, 6.07) is 18.5. The number of nitrogens with zero attached hydrogens (tertiary/aromatic N) is 4. The van der Waals surface area contributed by atoms with Crippen LogP contribution in [0.5, 0.6) is 0 Å². The monoisotopic (exact) mass is 988 g/mol. The van der Waals surface area contributed by atoms with Crippen molar-refractivity contribution >= 4 is 151 Å². The number of alkyl halides is 1. The number of rotatable bonds is 16. The molecule has 0 radical (unpaired) electrons. The van der Waals surface area contributed by atoms with Gasteiger partial charge in [0.25, 0.3) is 23.6 Å². The molecule has 0 aliphatic rings. The summed E-state index contributed by atoms with van der Waals surface area (Å²) in [6.07, 6.45) is 0.201. The normalized spacial score (nSPS) is 12.1. The van der Waals surface area contributed by atoms with Crippen LogP contribution < -0.4 is 21.3 Å². The lowest BCUT2D eigenvalue weighted by molar-refractivity contribution is -0.127. The fourth-order valence-electron chi connectivity index (χ4n) is 5.50. The number of carbonyl (C=O) groups is 6. The molecule has 14 nitrogen and oxygen atoms in total. The Kier molecular flexibility index (Phi) is 17.2. The van der Waals surface area contributed by atoms with E-state index < -0.39 is 47.3 Å². The Morgan fingerprint density at radius 1 is 0.508 bits per heavy atom. The number of carbonyl (C=O) groups excluding carboxylic acids is 6. The van der Waals surface area contributed by atoms with Crippen molar-refractivity contribution in [3.8, 4) is 0 Å². The molecule has 0 spiro atoms. The highest BCUT2D eigenvalue weighted by molar-refractivity contribution is 6.38. The number of Topliss-reactive ketones (excluding diaryl/α,β-unsaturated/α-hetero) is 2. The molecule has 2 unspecified atom stereocenters. The topological polar surface area (TPSA) is 200 Å². The third kappa shape index (κ3) is 13.8. The van der Waals surface area contributed by atoms with Crippen molar-refractivity contribution < 1.29 is 28.8 Å². The van der Waals surface area contributed by atoms with Gasteiger partial charge in [0.2, 0.25) is 12.1 Å². The summed E-state index contributed by atoms with van der Waals surface area (Å²) in [6.45, 7) is 2.30. The van der Waals surface area contributed by atoms with Crippen molar-refractivity contribution in [3.05, 3.63) is 138 Å². The molecule has 63 heavy (non-hydrogen) atoms. The number of amides is 4. The molecule has 0 aliphatic heterocycles. The van der Waals surface area contributed by atoms with Gasteiger partial charge in [-0.1, -0.05) is 69.6 Å². The molecule has 0 heterocycles. The zero-order valence-corrected chi connectivity index (χ0v) is 37.9. The molecular formula is C42H31Cl7N8O6. The molecule has 5 rings (SSSR count). The Hall–Kier alpha value is -5.45. The average molecular weight is 992 g/mol. The average Bonchev–Trinajstić information content (AvgIpc) is 3.20. The van der Waals surface area contributed by atoms with Gasteiger partial charge < -0.3 is 21.3 Å². The van der Waals surface area contributed by atoms with Gasteiger partial charge in [0.05, 0.1) is 32.8 Å². The standard InChI is InChI=1S/C42H31Cl7N8O6/c1-20(58)37(56-54-30-14-23(11-27(46)16-30)39(60)52-35-6-3-25(44)18-32(35)48)41(62)50-29-5-8-34(22(13-29)9-10-43)51-42(63)38(21(2)59)57-55-31-15-24(12-28(47)17-31)40(61)53-36-7-4-26(45)19-33(36)49/h3-8,11-19,37-38H,9-10H2,1-2H3,(H,50,62)(H,51,63)(H,52,60)(H,53,61). The molecule has 21 heteroatoms. The van der Waals surface area contributed by atoms with Crippen LogP contribution in [0.3, 0.4) is 0 Å². The molecule has 5 aromatic carbocycles. The second-order valence-electron chi connectivity index (χ2n) is 13.3. The van der Waals surface area contributed by atoms with Crippen LogP contribution in [-0.2, 0) is 25.6 Å². The lowest BCUT2D eigenvalue weighted by Crippen LogP contribution is -2.32. The molecule has 324 valence electrons. The summed E-state index contributed by atoms with van der Waals surface area (Å²) in [5.41, 5.74) is 1.81. The zero-order valence-electron chi connectivity index (χ0n) is 32.6. The maximum absolute atomic E-state index is 13.4. The summed E-state index contributed by atoms with van der Waals surface area (Å²) in [4.78, 5) is 78.0. The van der Waals surface area contributed by atoms with Gasteiger partial charge in [-0.2, -0.15) is 20.5 Å². The van der Waals surface area contributed by atoms with Crippen LogP contribution in [0.15, 0.2) is 111 Å². The number of benzene rings is 5. The van der Waals surface area contributed by atoms with Crippen LogP contribution in [0.2, 0.25) is 30.1 Å². The molecule has 5 aromatic rings. The van der Waals surface area contributed by atoms with E-state index in [0.717, 1.165) is 13.8 Å². The summed E-state index contributed by atoms with van der Waals surface area (Å²) in [5, 5.41) is 27.9. The predicted molar refractivity (Wildman–Crippen MR) is 248 cm³/mol. The SMILES string of the molecule is CC(=O)C(N=Nc1cc(Cl)cc(C(=O)Nc2ccc(Cl)cc2Cl)c1)C(=O)Nc1ccc(NC(=O)C(N=Nc2cc(Cl)cc(C(=O)Nc3ccc(Cl)cc3Cl)c2)C(C)=O)c(CCCl)c1. The molecule has 2 atom stereocenters. The molecule has 0 fully saturated rings. The first kappa shape index (κ1) is 48.6. The second kappa shape index (κ2) is 22.3. The van der Waals surface area contributed by atoms with Crippen LogP contribution in [0.4, 0.5) is 34.1 Å². The van der Waals surface area contributed by atoms with E-state index in [9.17, 15) is 28.8 Å². The smallest absolute Gasteiger partial charge is 0.258 e. The lowest BCUT2D eigenvalue weighted by Gasteiger charge is -2.15. The van der Waals surface area contributed by atoms with Crippen LogP contribution in [0, 0.1) is 0 Å². The van der Waals surface area contributed by atoms with Gasteiger partial charge in [0.15, 0.2) is 11.6 Å². The van der Waals surface area contributed by atoms with Gasteiger partial charge in [-0.25, -0.2) is 0 Å². The first-order valence-electron chi connectivity index (χ1n) is 18.2. The first-order valence-corrected chi connectivity index (χ1v) is 21.0. The molecule has 4 amide bonds. The van der Waals surface area contributed by atoms with E-state index in [-0.39, 0.29) is 66.3 Å². The van der Waals surface area contributed by atoms with Crippen molar-refractivity contribution in [1.82, 2.24) is 0 Å². The van der Waals surface area contributed by atoms with E-state index >= 15 is 0 Å². The van der Waals surface area contributed by atoms with E-state index in [1.54, 1.807) is 12.1 Å². The van der Waals surface area contributed by atoms with Crippen molar-refractivity contribution in [2.45, 2.75) is 32.4 Å². The van der Waals surface area contributed by atoms with Gasteiger partial charge in [0, 0.05) is 48.5 Å². The number of nitrogens with one attached hydrogen (secondary N) is 4. The van der Waals surface area contributed by atoms with Crippen molar-refractivity contribution in [2.24, 2.45) is 20.5 Å². The largest absolute Gasteiger partial charge is 0.324 e. The van der Waals surface area contributed by atoms with Gasteiger partial charge in [-0.3, -0.25) is 28.8 Å². The predicted octanol–water partition coefficient (Wildman–Crippen LogP) is 12.3. The Morgan fingerprint density at radius 2 is 0.952 bits per heavy atom. The number of ketones is 2. The Balaban J connectivity index is 1.28. The molecule has 4 N–H and O–H groups in total. The van der Waals surface area contributed by atoms with Crippen LogP contribution in [-0.4, -0.2) is 53.2 Å². The number of hydrogen-bond acceptors (Lipinski definition) is 10. The fourth-order valence-corrected chi connectivity index (χ4v) is 7.07. The van der Waals surface area contributed by atoms with E-state index in [2.05, 4.69) is 41.7 Å². The van der Waals surface area contributed by atoms with E-state index in [1.165, 1.54) is 78.9 Å². The summed E-state index contributed by atoms with van der Waals surface area (Å²) >= 11 is 42.8. The molecule has 0 aromatic heterocycles. The minimum absolute atomic E-state index is 0.0703. The molecule has 0 aliphatic carbocycles. The van der Waals surface area contributed by atoms with Crippen LogP contribution in [0.25, 0.3) is 0 Å². The van der Waals surface area contributed by atoms with Gasteiger partial charge in [-0.05, 0) is 117 Å². The number of aryl methyl sites for hydroxylation is 1. The summed E-state index contributed by atoms with van der Waals surface area (Å²) in [7, 11) is 0. The highest BCUT2D eigenvalue weighted by atomic mass is 35.5. The van der Waals surface area contributed by atoms with Crippen LogP contribution in [0.1, 0.15) is 40.1 Å². The maximum Gasteiger partial charge on any atom is 0.258 e. The van der Waals surface area contributed by atoms with Crippen LogP contribution >= 0.6 is 81.2 Å². The van der Waals surface area contributed by atoms with Gasteiger partial charge in [0.1, 0.15) is 0 Å². The van der Waals surface area contributed by atoms with E-state index in [0.29, 0.717) is 27.0 Å². The second-order valence-corrected chi connectivity index (χ2v) is 16.2. The van der Waals surface area contributed by atoms with Crippen molar-refractivity contribution in [2.75, 3.05) is 27.1 Å². The third-order valence-corrected chi connectivity index (χ3v) is 10.2. The Labute approximate surface area is 394 Å². The minimum Gasteiger partial charge on any atom is -0.324 e. The van der Waals surface area contributed by atoms with Gasteiger partial charge in [-0.15, -0.1) is 11.6 Å². The Morgan fingerprint density at radius 3 is 1.38 bits per heavy atom. The third-order valence-electron chi connectivity index (χ3n) is 8.49. The number of azo groups is 2. The Bertz CT molecular complexity index is 2700.